The summed E-state index contributed by atoms with van der Waals surface area (Å²) in [5, 5.41) is 11.2. The zero-order chi connectivity index (χ0) is 10.3. The Balaban J connectivity index is 2.04. The molecular formula is C11H17NOS. The summed E-state index contributed by atoms with van der Waals surface area (Å²) in [6.07, 6.45) is 2.62. The average Bonchev–Trinajstić information content (AvgIpc) is 2.27. The van der Waals surface area contributed by atoms with Crippen molar-refractivity contribution < 1.29 is 5.11 Å². The Morgan fingerprint density at radius 1 is 1.50 bits per heavy atom. The van der Waals surface area contributed by atoms with Gasteiger partial charge in [-0.25, -0.2) is 4.98 Å². The van der Waals surface area contributed by atoms with E-state index in [2.05, 4.69) is 18.8 Å². The normalized spacial score (nSPS) is 31.6. The zero-order valence-electron chi connectivity index (χ0n) is 9.00. The van der Waals surface area contributed by atoms with E-state index < -0.39 is 5.60 Å². The summed E-state index contributed by atoms with van der Waals surface area (Å²) in [4.78, 5) is 5.73. The molecule has 0 aromatic carbocycles. The largest absolute Gasteiger partial charge is 0.389 e. The molecule has 0 aliphatic heterocycles. The molecule has 2 rings (SSSR count). The maximum atomic E-state index is 10.1. The molecule has 0 unspecified atom stereocenters. The second-order valence-corrected chi connectivity index (χ2v) is 5.95. The standard InChI is InChI=1S/C11H17NOS/c1-7-4-11(13,5-7)6-10-12-8(2)9(3)14-10/h7,13H,4-6H2,1-3H3. The lowest BCUT2D eigenvalue weighted by molar-refractivity contribution is -0.0666. The minimum atomic E-state index is -0.448. The molecule has 1 aliphatic carbocycles. The van der Waals surface area contributed by atoms with E-state index in [9.17, 15) is 5.11 Å². The molecular weight excluding hydrogens is 194 g/mol. The van der Waals surface area contributed by atoms with Crippen LogP contribution in [0.2, 0.25) is 0 Å². The molecule has 1 aromatic rings. The average molecular weight is 211 g/mol. The molecule has 0 bridgehead atoms. The van der Waals surface area contributed by atoms with Crippen LogP contribution < -0.4 is 0 Å². The molecule has 2 nitrogen and oxygen atoms in total. The summed E-state index contributed by atoms with van der Waals surface area (Å²) >= 11 is 1.72. The van der Waals surface area contributed by atoms with Gasteiger partial charge in [-0.15, -0.1) is 11.3 Å². The van der Waals surface area contributed by atoms with E-state index >= 15 is 0 Å². The van der Waals surface area contributed by atoms with Crippen LogP contribution >= 0.6 is 11.3 Å². The van der Waals surface area contributed by atoms with Gasteiger partial charge in [0.15, 0.2) is 0 Å². The third-order valence-corrected chi connectivity index (χ3v) is 4.08. The molecule has 78 valence electrons. The predicted molar refractivity (Wildman–Crippen MR) is 58.6 cm³/mol. The first-order valence-corrected chi connectivity index (χ1v) is 5.95. The van der Waals surface area contributed by atoms with Crippen molar-refractivity contribution in [1.29, 1.82) is 0 Å². The smallest absolute Gasteiger partial charge is 0.0959 e. The molecule has 0 atom stereocenters. The Kier molecular flexibility index (Phi) is 2.40. The first-order valence-electron chi connectivity index (χ1n) is 5.14. The number of aromatic nitrogens is 1. The van der Waals surface area contributed by atoms with Crippen molar-refractivity contribution in [1.82, 2.24) is 4.98 Å². The highest BCUT2D eigenvalue weighted by atomic mass is 32.1. The maximum absolute atomic E-state index is 10.1. The molecule has 1 aromatic heterocycles. The topological polar surface area (TPSA) is 33.1 Å². The van der Waals surface area contributed by atoms with Crippen LogP contribution in [0, 0.1) is 19.8 Å². The molecule has 14 heavy (non-hydrogen) atoms. The second kappa shape index (κ2) is 3.31. The fourth-order valence-electron chi connectivity index (χ4n) is 2.28. The molecule has 1 saturated carbocycles. The van der Waals surface area contributed by atoms with E-state index in [4.69, 9.17) is 0 Å². The summed E-state index contributed by atoms with van der Waals surface area (Å²) in [5.41, 5.74) is 0.664. The summed E-state index contributed by atoms with van der Waals surface area (Å²) in [5.74, 6) is 0.683. The Morgan fingerprint density at radius 2 is 2.14 bits per heavy atom. The highest BCUT2D eigenvalue weighted by Gasteiger charge is 2.40. The Morgan fingerprint density at radius 3 is 2.57 bits per heavy atom. The summed E-state index contributed by atoms with van der Waals surface area (Å²) in [6.45, 7) is 6.31. The predicted octanol–water partition coefficient (Wildman–Crippen LogP) is 2.46. The van der Waals surface area contributed by atoms with Gasteiger partial charge in [0.2, 0.25) is 0 Å². The third kappa shape index (κ3) is 1.84. The lowest BCUT2D eigenvalue weighted by Gasteiger charge is -2.41. The fourth-order valence-corrected chi connectivity index (χ4v) is 3.35. The molecule has 1 heterocycles. The highest BCUT2D eigenvalue weighted by molar-refractivity contribution is 7.11. The van der Waals surface area contributed by atoms with E-state index in [1.165, 1.54) is 4.88 Å². The number of hydrogen-bond acceptors (Lipinski definition) is 3. The van der Waals surface area contributed by atoms with Gasteiger partial charge in [-0.1, -0.05) is 6.92 Å². The van der Waals surface area contributed by atoms with E-state index in [-0.39, 0.29) is 0 Å². The number of aliphatic hydroxyl groups is 1. The SMILES string of the molecule is Cc1nc(CC2(O)CC(C)C2)sc1C. The van der Waals surface area contributed by atoms with E-state index in [1.54, 1.807) is 11.3 Å². The van der Waals surface area contributed by atoms with E-state index in [0.29, 0.717) is 5.92 Å². The molecule has 1 N–H and O–H groups in total. The molecule has 3 heteroatoms. The Labute approximate surface area is 89.0 Å². The van der Waals surface area contributed by atoms with Gasteiger partial charge in [0, 0.05) is 11.3 Å². The van der Waals surface area contributed by atoms with Crippen molar-refractivity contribution in [2.24, 2.45) is 5.92 Å². The van der Waals surface area contributed by atoms with Gasteiger partial charge >= 0.3 is 0 Å². The minimum Gasteiger partial charge on any atom is -0.389 e. The maximum Gasteiger partial charge on any atom is 0.0959 e. The van der Waals surface area contributed by atoms with Crippen molar-refractivity contribution in [2.75, 3.05) is 0 Å². The number of rotatable bonds is 2. The second-order valence-electron chi connectivity index (χ2n) is 4.66. The molecule has 1 aliphatic rings. The number of hydrogen-bond donors (Lipinski definition) is 1. The van der Waals surface area contributed by atoms with Crippen molar-refractivity contribution in [3.63, 3.8) is 0 Å². The number of aryl methyl sites for hydroxylation is 2. The van der Waals surface area contributed by atoms with Gasteiger partial charge in [0.1, 0.15) is 0 Å². The fraction of sp³-hybridized carbons (Fsp3) is 0.727. The van der Waals surface area contributed by atoms with Crippen molar-refractivity contribution in [3.05, 3.63) is 15.6 Å². The van der Waals surface area contributed by atoms with Crippen LogP contribution in [0.3, 0.4) is 0 Å². The third-order valence-electron chi connectivity index (χ3n) is 3.01. The van der Waals surface area contributed by atoms with Gasteiger partial charge in [-0.05, 0) is 32.6 Å². The van der Waals surface area contributed by atoms with Crippen LogP contribution in [0.15, 0.2) is 0 Å². The van der Waals surface area contributed by atoms with Gasteiger partial charge in [0.25, 0.3) is 0 Å². The van der Waals surface area contributed by atoms with Gasteiger partial charge in [-0.3, -0.25) is 0 Å². The van der Waals surface area contributed by atoms with Crippen molar-refractivity contribution in [2.45, 2.75) is 45.6 Å². The minimum absolute atomic E-state index is 0.448. The monoisotopic (exact) mass is 211 g/mol. The van der Waals surface area contributed by atoms with E-state index in [1.807, 2.05) is 6.92 Å². The first-order chi connectivity index (χ1) is 6.48. The summed E-state index contributed by atoms with van der Waals surface area (Å²) in [6, 6.07) is 0. The van der Waals surface area contributed by atoms with Crippen LogP contribution in [0.5, 0.6) is 0 Å². The van der Waals surface area contributed by atoms with Crippen LogP contribution in [0.4, 0.5) is 0 Å². The molecule has 0 radical (unpaired) electrons. The van der Waals surface area contributed by atoms with Crippen LogP contribution in [-0.2, 0) is 6.42 Å². The van der Waals surface area contributed by atoms with Crippen molar-refractivity contribution in [3.8, 4) is 0 Å². The highest BCUT2D eigenvalue weighted by Crippen LogP contribution is 2.40. The molecule has 1 fully saturated rings. The quantitative estimate of drug-likeness (QED) is 0.815. The zero-order valence-corrected chi connectivity index (χ0v) is 9.82. The summed E-state index contributed by atoms with van der Waals surface area (Å²) in [7, 11) is 0. The lowest BCUT2D eigenvalue weighted by atomic mass is 9.70. The van der Waals surface area contributed by atoms with E-state index in [0.717, 1.165) is 30.0 Å². The molecule has 0 amide bonds. The Bertz CT molecular complexity index is 320. The number of thiazole rings is 1. The number of nitrogens with zero attached hydrogens (tertiary/aromatic N) is 1. The van der Waals surface area contributed by atoms with Crippen LogP contribution in [0.25, 0.3) is 0 Å². The molecule has 0 spiro atoms. The Hall–Kier alpha value is -0.410. The van der Waals surface area contributed by atoms with Crippen LogP contribution in [0.1, 0.15) is 35.3 Å². The molecule has 0 saturated heterocycles. The first kappa shape index (κ1) is 10.1. The van der Waals surface area contributed by atoms with Crippen molar-refractivity contribution >= 4 is 11.3 Å². The van der Waals surface area contributed by atoms with Gasteiger partial charge < -0.3 is 5.11 Å². The van der Waals surface area contributed by atoms with Gasteiger partial charge in [-0.2, -0.15) is 0 Å². The van der Waals surface area contributed by atoms with Crippen LogP contribution in [-0.4, -0.2) is 15.7 Å². The lowest BCUT2D eigenvalue weighted by Crippen LogP contribution is -2.44. The van der Waals surface area contributed by atoms with Gasteiger partial charge in [0.05, 0.1) is 16.3 Å². The summed E-state index contributed by atoms with van der Waals surface area (Å²) < 4.78 is 0.